The predicted molar refractivity (Wildman–Crippen MR) is 89.6 cm³/mol. The molecule has 0 aliphatic rings. The molecular formula is C16H11ClN6. The summed E-state index contributed by atoms with van der Waals surface area (Å²) in [7, 11) is 0. The first-order valence-electron chi connectivity index (χ1n) is 6.94. The summed E-state index contributed by atoms with van der Waals surface area (Å²) in [5.74, 6) is 0.629. The van der Waals surface area contributed by atoms with Crippen LogP contribution >= 0.6 is 11.6 Å². The number of anilines is 2. The smallest absolute Gasteiger partial charge is 0.226 e. The van der Waals surface area contributed by atoms with Crippen molar-refractivity contribution < 1.29 is 0 Å². The van der Waals surface area contributed by atoms with Crippen LogP contribution in [0.2, 0.25) is 5.28 Å². The Balaban J connectivity index is 1.68. The summed E-state index contributed by atoms with van der Waals surface area (Å²) in [4.78, 5) is 12.6. The SMILES string of the molecule is Clc1nc(Nc2ccc(-c3cn[nH]c3)cc2)c2cccnc2n1. The lowest BCUT2D eigenvalue weighted by atomic mass is 10.1. The summed E-state index contributed by atoms with van der Waals surface area (Å²) in [6, 6.07) is 11.7. The van der Waals surface area contributed by atoms with E-state index in [4.69, 9.17) is 11.6 Å². The van der Waals surface area contributed by atoms with Gasteiger partial charge in [-0.3, -0.25) is 5.10 Å². The second-order valence-electron chi connectivity index (χ2n) is 4.91. The first-order valence-corrected chi connectivity index (χ1v) is 7.32. The van der Waals surface area contributed by atoms with Gasteiger partial charge in [0.15, 0.2) is 5.65 Å². The molecule has 0 bridgehead atoms. The Labute approximate surface area is 136 Å². The van der Waals surface area contributed by atoms with E-state index in [1.165, 1.54) is 0 Å². The molecule has 0 radical (unpaired) electrons. The van der Waals surface area contributed by atoms with Crippen molar-refractivity contribution in [1.82, 2.24) is 25.1 Å². The van der Waals surface area contributed by atoms with Crippen molar-refractivity contribution in [1.29, 1.82) is 0 Å². The van der Waals surface area contributed by atoms with Crippen LogP contribution in [0.1, 0.15) is 0 Å². The monoisotopic (exact) mass is 322 g/mol. The third-order valence-electron chi connectivity index (χ3n) is 3.42. The van der Waals surface area contributed by atoms with Gasteiger partial charge in [0, 0.05) is 23.6 Å². The fourth-order valence-electron chi connectivity index (χ4n) is 2.32. The van der Waals surface area contributed by atoms with Crippen LogP contribution in [0.15, 0.2) is 55.0 Å². The molecule has 0 unspecified atom stereocenters. The van der Waals surface area contributed by atoms with Crippen molar-refractivity contribution >= 4 is 34.1 Å². The molecule has 1 aromatic carbocycles. The summed E-state index contributed by atoms with van der Waals surface area (Å²) in [6.07, 6.45) is 5.31. The number of hydrogen-bond acceptors (Lipinski definition) is 5. The van der Waals surface area contributed by atoms with Crippen LogP contribution < -0.4 is 5.32 Å². The van der Waals surface area contributed by atoms with Crippen LogP contribution in [0, 0.1) is 0 Å². The van der Waals surface area contributed by atoms with Gasteiger partial charge in [-0.1, -0.05) is 12.1 Å². The third kappa shape index (κ3) is 2.72. The lowest BCUT2D eigenvalue weighted by Crippen LogP contribution is -1.98. The van der Waals surface area contributed by atoms with Crippen molar-refractivity contribution in [2.75, 3.05) is 5.32 Å². The van der Waals surface area contributed by atoms with Crippen LogP contribution in [-0.4, -0.2) is 25.1 Å². The predicted octanol–water partition coefficient (Wildman–Crippen LogP) is 3.81. The number of aromatic amines is 1. The number of halogens is 1. The van der Waals surface area contributed by atoms with Gasteiger partial charge in [-0.25, -0.2) is 4.98 Å². The summed E-state index contributed by atoms with van der Waals surface area (Å²) in [5, 5.41) is 11.0. The Hall–Kier alpha value is -2.99. The van der Waals surface area contributed by atoms with Crippen LogP contribution in [0.4, 0.5) is 11.5 Å². The van der Waals surface area contributed by atoms with Crippen molar-refractivity contribution in [3.8, 4) is 11.1 Å². The normalized spacial score (nSPS) is 10.8. The number of nitrogens with one attached hydrogen (secondary N) is 2. The van der Waals surface area contributed by atoms with E-state index in [2.05, 4.69) is 30.5 Å². The van der Waals surface area contributed by atoms with Gasteiger partial charge >= 0.3 is 0 Å². The minimum absolute atomic E-state index is 0.161. The molecule has 0 amide bonds. The maximum absolute atomic E-state index is 5.97. The summed E-state index contributed by atoms with van der Waals surface area (Å²) in [6.45, 7) is 0. The molecule has 3 heterocycles. The average molecular weight is 323 g/mol. The first-order chi connectivity index (χ1) is 11.3. The average Bonchev–Trinajstić information content (AvgIpc) is 3.10. The Kier molecular flexibility index (Phi) is 3.36. The Morgan fingerprint density at radius 1 is 1.00 bits per heavy atom. The Bertz CT molecular complexity index is 950. The van der Waals surface area contributed by atoms with E-state index >= 15 is 0 Å². The summed E-state index contributed by atoms with van der Waals surface area (Å²) in [5.41, 5.74) is 3.58. The molecule has 0 saturated heterocycles. The zero-order valence-electron chi connectivity index (χ0n) is 11.9. The highest BCUT2D eigenvalue weighted by Gasteiger charge is 2.08. The molecule has 2 N–H and O–H groups in total. The molecule has 7 heteroatoms. The second kappa shape index (κ2) is 5.66. The molecular weight excluding hydrogens is 312 g/mol. The molecule has 4 aromatic rings. The lowest BCUT2D eigenvalue weighted by molar-refractivity contribution is 1.09. The zero-order chi connectivity index (χ0) is 15.6. The van der Waals surface area contributed by atoms with Crippen LogP contribution in [0.25, 0.3) is 22.2 Å². The molecule has 112 valence electrons. The van der Waals surface area contributed by atoms with Gasteiger partial charge < -0.3 is 5.32 Å². The Morgan fingerprint density at radius 3 is 2.65 bits per heavy atom. The van der Waals surface area contributed by atoms with Gasteiger partial charge in [-0.2, -0.15) is 15.1 Å². The van der Waals surface area contributed by atoms with Crippen LogP contribution in [0.3, 0.4) is 0 Å². The molecule has 4 rings (SSSR count). The van der Waals surface area contributed by atoms with Crippen molar-refractivity contribution in [3.05, 3.63) is 60.3 Å². The molecule has 0 fully saturated rings. The van der Waals surface area contributed by atoms with Gasteiger partial charge in [-0.05, 0) is 41.4 Å². The van der Waals surface area contributed by atoms with Crippen molar-refractivity contribution in [3.63, 3.8) is 0 Å². The third-order valence-corrected chi connectivity index (χ3v) is 3.59. The largest absolute Gasteiger partial charge is 0.340 e. The van der Waals surface area contributed by atoms with Gasteiger partial charge in [0.1, 0.15) is 5.82 Å². The number of benzene rings is 1. The fourth-order valence-corrected chi connectivity index (χ4v) is 2.49. The number of nitrogens with zero attached hydrogens (tertiary/aromatic N) is 4. The molecule has 3 aromatic heterocycles. The highest BCUT2D eigenvalue weighted by Crippen LogP contribution is 2.26. The lowest BCUT2D eigenvalue weighted by Gasteiger charge is -2.09. The van der Waals surface area contributed by atoms with E-state index in [1.54, 1.807) is 12.4 Å². The maximum atomic E-state index is 5.97. The minimum atomic E-state index is 0.161. The number of fused-ring (bicyclic) bond motifs is 1. The van der Waals surface area contributed by atoms with Crippen molar-refractivity contribution in [2.24, 2.45) is 0 Å². The highest BCUT2D eigenvalue weighted by atomic mass is 35.5. The van der Waals surface area contributed by atoms with Gasteiger partial charge in [0.05, 0.1) is 11.6 Å². The van der Waals surface area contributed by atoms with Gasteiger partial charge in [-0.15, -0.1) is 0 Å². The number of pyridine rings is 1. The first kappa shape index (κ1) is 13.7. The topological polar surface area (TPSA) is 79.4 Å². The van der Waals surface area contributed by atoms with E-state index in [0.29, 0.717) is 11.5 Å². The number of hydrogen-bond donors (Lipinski definition) is 2. The quantitative estimate of drug-likeness (QED) is 0.561. The highest BCUT2D eigenvalue weighted by molar-refractivity contribution is 6.28. The summed E-state index contributed by atoms with van der Waals surface area (Å²) >= 11 is 5.97. The number of rotatable bonds is 3. The van der Waals surface area contributed by atoms with E-state index in [1.807, 2.05) is 42.6 Å². The zero-order valence-corrected chi connectivity index (χ0v) is 12.6. The molecule has 0 aliphatic heterocycles. The van der Waals surface area contributed by atoms with E-state index in [9.17, 15) is 0 Å². The molecule has 0 atom stereocenters. The number of aromatic nitrogens is 5. The second-order valence-corrected chi connectivity index (χ2v) is 5.24. The molecule has 0 aliphatic carbocycles. The van der Waals surface area contributed by atoms with Crippen LogP contribution in [0.5, 0.6) is 0 Å². The van der Waals surface area contributed by atoms with E-state index < -0.39 is 0 Å². The molecule has 23 heavy (non-hydrogen) atoms. The Morgan fingerprint density at radius 2 is 1.87 bits per heavy atom. The van der Waals surface area contributed by atoms with Gasteiger partial charge in [0.2, 0.25) is 5.28 Å². The van der Waals surface area contributed by atoms with Gasteiger partial charge in [0.25, 0.3) is 0 Å². The molecule has 0 saturated carbocycles. The summed E-state index contributed by atoms with van der Waals surface area (Å²) < 4.78 is 0. The fraction of sp³-hybridized carbons (Fsp3) is 0. The molecule has 0 spiro atoms. The van der Waals surface area contributed by atoms with E-state index in [0.717, 1.165) is 22.2 Å². The standard InChI is InChI=1S/C16H11ClN6/c17-16-22-14-13(2-1-7-18-14)15(23-16)21-12-5-3-10(4-6-12)11-8-19-20-9-11/h1-9H,(H,19,20)(H,18,21,22,23). The minimum Gasteiger partial charge on any atom is -0.340 e. The van der Waals surface area contributed by atoms with E-state index in [-0.39, 0.29) is 5.28 Å². The van der Waals surface area contributed by atoms with Crippen molar-refractivity contribution in [2.45, 2.75) is 0 Å². The number of H-pyrrole nitrogens is 1. The molecule has 6 nitrogen and oxygen atoms in total. The van der Waals surface area contributed by atoms with Crippen LogP contribution in [-0.2, 0) is 0 Å². The maximum Gasteiger partial charge on any atom is 0.226 e.